The van der Waals surface area contributed by atoms with Crippen LogP contribution in [0.5, 0.6) is 0 Å². The zero-order chi connectivity index (χ0) is 18.6. The van der Waals surface area contributed by atoms with Gasteiger partial charge in [-0.1, -0.05) is 35.9 Å². The maximum absolute atomic E-state index is 13.8. The Morgan fingerprint density at radius 2 is 1.68 bits per heavy atom. The van der Waals surface area contributed by atoms with Crippen LogP contribution < -0.4 is 5.32 Å². The Balaban J connectivity index is 2.11. The molecule has 0 heterocycles. The Bertz CT molecular complexity index is 779. The van der Waals surface area contributed by atoms with Crippen LogP contribution in [0.2, 0.25) is 0 Å². The fourth-order valence-electron chi connectivity index (χ4n) is 2.84. The van der Waals surface area contributed by atoms with Crippen LogP contribution in [0, 0.1) is 26.6 Å². The number of anilines is 1. The van der Waals surface area contributed by atoms with Gasteiger partial charge in [0.25, 0.3) is 0 Å². The minimum atomic E-state index is -0.389. The first-order chi connectivity index (χ1) is 11.8. The average Bonchev–Trinajstić information content (AvgIpc) is 2.52. The molecule has 4 nitrogen and oxygen atoms in total. The number of rotatable bonds is 5. The summed E-state index contributed by atoms with van der Waals surface area (Å²) in [4.78, 5) is 25.6. The maximum atomic E-state index is 13.8. The number of halogens is 1. The highest BCUT2D eigenvalue weighted by atomic mass is 19.1. The van der Waals surface area contributed by atoms with Crippen molar-refractivity contribution < 1.29 is 14.0 Å². The van der Waals surface area contributed by atoms with Crippen LogP contribution in [0.4, 0.5) is 10.1 Å². The van der Waals surface area contributed by atoms with Crippen molar-refractivity contribution in [1.82, 2.24) is 4.90 Å². The third-order valence-electron chi connectivity index (χ3n) is 4.04. The van der Waals surface area contributed by atoms with Gasteiger partial charge in [0.2, 0.25) is 11.8 Å². The molecule has 0 aliphatic rings. The molecule has 0 aliphatic heterocycles. The van der Waals surface area contributed by atoms with E-state index < -0.39 is 0 Å². The maximum Gasteiger partial charge on any atom is 0.244 e. The highest BCUT2D eigenvalue weighted by Gasteiger charge is 2.17. The molecule has 0 saturated heterocycles. The SMILES string of the molecule is CC(=O)N(CC(=O)Nc1c(C)cc(C)cc1C)Cc1ccccc1F. The number of hydrogen-bond donors (Lipinski definition) is 1. The van der Waals surface area contributed by atoms with Crippen LogP contribution in [0.1, 0.15) is 29.2 Å². The molecule has 2 aromatic rings. The number of nitrogens with zero attached hydrogens (tertiary/aromatic N) is 1. The Kier molecular flexibility index (Phi) is 5.91. The standard InChI is InChI=1S/C20H23FN2O2/c1-13-9-14(2)20(15(3)10-13)22-19(25)12-23(16(4)24)11-17-7-5-6-8-18(17)21/h5-10H,11-12H2,1-4H3,(H,22,25). The molecule has 0 unspecified atom stereocenters. The molecule has 0 saturated carbocycles. The van der Waals surface area contributed by atoms with Crippen molar-refractivity contribution in [3.63, 3.8) is 0 Å². The van der Waals surface area contributed by atoms with E-state index in [1.807, 2.05) is 32.9 Å². The van der Waals surface area contributed by atoms with Crippen LogP contribution in [0.15, 0.2) is 36.4 Å². The Morgan fingerprint density at radius 3 is 2.24 bits per heavy atom. The highest BCUT2D eigenvalue weighted by molar-refractivity contribution is 5.95. The molecule has 0 fully saturated rings. The molecule has 0 spiro atoms. The van der Waals surface area contributed by atoms with Crippen molar-refractivity contribution in [3.05, 3.63) is 64.5 Å². The van der Waals surface area contributed by atoms with Gasteiger partial charge >= 0.3 is 0 Å². The number of carbonyl (C=O) groups excluding carboxylic acids is 2. The van der Waals surface area contributed by atoms with Crippen molar-refractivity contribution in [2.75, 3.05) is 11.9 Å². The molecule has 0 aliphatic carbocycles. The smallest absolute Gasteiger partial charge is 0.244 e. The molecular weight excluding hydrogens is 319 g/mol. The zero-order valence-electron chi connectivity index (χ0n) is 15.0. The average molecular weight is 342 g/mol. The van der Waals surface area contributed by atoms with Crippen molar-refractivity contribution in [3.8, 4) is 0 Å². The number of benzene rings is 2. The number of nitrogens with one attached hydrogen (secondary N) is 1. The second-order valence-corrected chi connectivity index (χ2v) is 6.29. The Hall–Kier alpha value is -2.69. The van der Waals surface area contributed by atoms with Crippen molar-refractivity contribution >= 4 is 17.5 Å². The van der Waals surface area contributed by atoms with E-state index in [9.17, 15) is 14.0 Å². The number of carbonyl (C=O) groups is 2. The first kappa shape index (κ1) is 18.6. The second kappa shape index (κ2) is 7.92. The normalized spacial score (nSPS) is 10.4. The van der Waals surface area contributed by atoms with E-state index in [2.05, 4.69) is 5.32 Å². The zero-order valence-corrected chi connectivity index (χ0v) is 15.0. The van der Waals surface area contributed by atoms with Crippen LogP contribution in [0.3, 0.4) is 0 Å². The van der Waals surface area contributed by atoms with Gasteiger partial charge in [0.1, 0.15) is 12.4 Å². The molecule has 2 rings (SSSR count). The molecule has 1 N–H and O–H groups in total. The number of amides is 2. The minimum absolute atomic E-state index is 0.0568. The highest BCUT2D eigenvalue weighted by Crippen LogP contribution is 2.22. The fraction of sp³-hybridized carbons (Fsp3) is 0.300. The summed E-state index contributed by atoms with van der Waals surface area (Å²) in [6.07, 6.45) is 0. The molecule has 0 bridgehead atoms. The first-order valence-corrected chi connectivity index (χ1v) is 8.14. The summed E-state index contributed by atoms with van der Waals surface area (Å²) >= 11 is 0. The van der Waals surface area contributed by atoms with E-state index >= 15 is 0 Å². The van der Waals surface area contributed by atoms with Gasteiger partial charge in [-0.15, -0.1) is 0 Å². The molecule has 25 heavy (non-hydrogen) atoms. The molecule has 0 aromatic heterocycles. The predicted molar refractivity (Wildman–Crippen MR) is 96.8 cm³/mol. The summed E-state index contributed by atoms with van der Waals surface area (Å²) in [5.41, 5.74) is 4.19. The Morgan fingerprint density at radius 1 is 1.08 bits per heavy atom. The number of hydrogen-bond acceptors (Lipinski definition) is 2. The van der Waals surface area contributed by atoms with E-state index in [-0.39, 0.29) is 30.7 Å². The van der Waals surface area contributed by atoms with Gasteiger partial charge in [-0.2, -0.15) is 0 Å². The van der Waals surface area contributed by atoms with Gasteiger partial charge in [0.05, 0.1) is 0 Å². The lowest BCUT2D eigenvalue weighted by Gasteiger charge is -2.22. The van der Waals surface area contributed by atoms with Crippen LogP contribution in [-0.2, 0) is 16.1 Å². The molecule has 5 heteroatoms. The molecule has 0 radical (unpaired) electrons. The third-order valence-corrected chi connectivity index (χ3v) is 4.04. The minimum Gasteiger partial charge on any atom is -0.329 e. The van der Waals surface area contributed by atoms with Gasteiger partial charge in [-0.25, -0.2) is 4.39 Å². The molecule has 0 atom stereocenters. The van der Waals surface area contributed by atoms with Crippen molar-refractivity contribution in [1.29, 1.82) is 0 Å². The first-order valence-electron chi connectivity index (χ1n) is 8.14. The fourth-order valence-corrected chi connectivity index (χ4v) is 2.84. The van der Waals surface area contributed by atoms with Gasteiger partial charge < -0.3 is 10.2 Å². The molecule has 2 amide bonds. The molecule has 132 valence electrons. The lowest BCUT2D eigenvalue weighted by Crippen LogP contribution is -2.36. The van der Waals surface area contributed by atoms with Crippen LogP contribution in [0.25, 0.3) is 0 Å². The summed E-state index contributed by atoms with van der Waals surface area (Å²) in [6, 6.07) is 10.2. The van der Waals surface area contributed by atoms with E-state index in [1.54, 1.807) is 18.2 Å². The quantitative estimate of drug-likeness (QED) is 0.900. The van der Waals surface area contributed by atoms with E-state index in [0.29, 0.717) is 5.56 Å². The largest absolute Gasteiger partial charge is 0.329 e. The second-order valence-electron chi connectivity index (χ2n) is 6.29. The van der Waals surface area contributed by atoms with Gasteiger partial charge in [-0.3, -0.25) is 9.59 Å². The van der Waals surface area contributed by atoms with Gasteiger partial charge in [0.15, 0.2) is 0 Å². The van der Waals surface area contributed by atoms with Gasteiger partial charge in [0, 0.05) is 24.7 Å². The summed E-state index contributed by atoms with van der Waals surface area (Å²) in [5, 5.41) is 2.86. The van der Waals surface area contributed by atoms with Crippen LogP contribution in [-0.4, -0.2) is 23.3 Å². The lowest BCUT2D eigenvalue weighted by atomic mass is 10.1. The monoisotopic (exact) mass is 342 g/mol. The molecular formula is C20H23FN2O2. The summed E-state index contributed by atoms with van der Waals surface area (Å²) in [6.45, 7) is 7.15. The van der Waals surface area contributed by atoms with Crippen molar-refractivity contribution in [2.24, 2.45) is 0 Å². The lowest BCUT2D eigenvalue weighted by molar-refractivity contribution is -0.133. The van der Waals surface area contributed by atoms with Crippen molar-refractivity contribution in [2.45, 2.75) is 34.2 Å². The van der Waals surface area contributed by atoms with E-state index in [1.165, 1.54) is 17.9 Å². The molecule has 2 aromatic carbocycles. The van der Waals surface area contributed by atoms with Crippen LogP contribution >= 0.6 is 0 Å². The summed E-state index contributed by atoms with van der Waals surface area (Å²) in [5.74, 6) is -0.975. The third kappa shape index (κ3) is 4.89. The van der Waals surface area contributed by atoms with E-state index in [4.69, 9.17) is 0 Å². The van der Waals surface area contributed by atoms with Gasteiger partial charge in [-0.05, 0) is 38.0 Å². The summed E-state index contributed by atoms with van der Waals surface area (Å²) in [7, 11) is 0. The number of aryl methyl sites for hydroxylation is 3. The summed E-state index contributed by atoms with van der Waals surface area (Å²) < 4.78 is 13.8. The van der Waals surface area contributed by atoms with E-state index in [0.717, 1.165) is 22.4 Å². The topological polar surface area (TPSA) is 49.4 Å². The Labute approximate surface area is 147 Å². The predicted octanol–water partition coefficient (Wildman–Crippen LogP) is 3.74.